The van der Waals surface area contributed by atoms with Gasteiger partial charge in [-0.3, -0.25) is 0 Å². The monoisotopic (exact) mass is 236 g/mol. The van der Waals surface area contributed by atoms with Gasteiger partial charge in [-0.15, -0.1) is 13.2 Å². The third kappa shape index (κ3) is 6.16. The third-order valence-corrected chi connectivity index (χ3v) is 1.37. The van der Waals surface area contributed by atoms with Gasteiger partial charge in [-0.2, -0.15) is 0 Å². The molecular formula is C11H15F3O2. The average molecular weight is 236 g/mol. The fourth-order valence-corrected chi connectivity index (χ4v) is 0.904. The molecule has 0 radical (unpaired) electrons. The van der Waals surface area contributed by atoms with Crippen LogP contribution in [0, 0.1) is 0 Å². The van der Waals surface area contributed by atoms with Crippen molar-refractivity contribution in [3.63, 3.8) is 0 Å². The molecule has 0 atom stereocenters. The highest BCUT2D eigenvalue weighted by atomic mass is 19.4. The second kappa shape index (κ2) is 6.98. The molecule has 0 saturated heterocycles. The minimum Gasteiger partial charge on any atom is -0.494 e. The Bertz CT molecular complexity index is 280. The molecule has 5 heteroatoms. The van der Waals surface area contributed by atoms with Crippen molar-refractivity contribution < 1.29 is 22.6 Å². The summed E-state index contributed by atoms with van der Waals surface area (Å²) in [6.45, 7) is 6.26. The van der Waals surface area contributed by atoms with Crippen LogP contribution in [-0.2, 0) is 0 Å². The van der Waals surface area contributed by atoms with E-state index >= 15 is 0 Å². The largest absolute Gasteiger partial charge is 0.573 e. The van der Waals surface area contributed by atoms with Crippen molar-refractivity contribution in [3.8, 4) is 11.5 Å². The van der Waals surface area contributed by atoms with Crippen molar-refractivity contribution in [3.05, 3.63) is 24.3 Å². The van der Waals surface area contributed by atoms with Gasteiger partial charge in [0.15, 0.2) is 0 Å². The summed E-state index contributed by atoms with van der Waals surface area (Å²) in [5.74, 6) is 0.267. The molecule has 92 valence electrons. The summed E-state index contributed by atoms with van der Waals surface area (Å²) in [6, 6.07) is 5.26. The maximum Gasteiger partial charge on any atom is 0.573 e. The fraction of sp³-hybridized carbons (Fsp3) is 0.455. The van der Waals surface area contributed by atoms with Crippen molar-refractivity contribution >= 4 is 0 Å². The summed E-state index contributed by atoms with van der Waals surface area (Å²) in [5, 5.41) is 0. The molecule has 0 bridgehead atoms. The normalized spacial score (nSPS) is 10.1. The molecule has 0 saturated carbocycles. The molecule has 1 aromatic carbocycles. The van der Waals surface area contributed by atoms with Crippen molar-refractivity contribution in [1.82, 2.24) is 0 Å². The highest BCUT2D eigenvalue weighted by Crippen LogP contribution is 2.24. The highest BCUT2D eigenvalue weighted by Gasteiger charge is 2.30. The Labute approximate surface area is 93.0 Å². The lowest BCUT2D eigenvalue weighted by Crippen LogP contribution is -2.16. The van der Waals surface area contributed by atoms with E-state index in [0.29, 0.717) is 12.4 Å². The number of ether oxygens (including phenoxy) is 2. The Hall–Kier alpha value is -1.39. The van der Waals surface area contributed by atoms with E-state index in [-0.39, 0.29) is 5.75 Å². The molecule has 0 fully saturated rings. The minimum absolute atomic E-state index is 0.249. The van der Waals surface area contributed by atoms with Crippen LogP contribution < -0.4 is 9.47 Å². The van der Waals surface area contributed by atoms with Crippen molar-refractivity contribution in [1.29, 1.82) is 0 Å². The average Bonchev–Trinajstić information content (AvgIpc) is 2.22. The number of hydrogen-bond donors (Lipinski definition) is 0. The second-order valence-electron chi connectivity index (χ2n) is 2.45. The lowest BCUT2D eigenvalue weighted by molar-refractivity contribution is -0.274. The van der Waals surface area contributed by atoms with Gasteiger partial charge in [-0.1, -0.05) is 13.8 Å². The van der Waals surface area contributed by atoms with Gasteiger partial charge >= 0.3 is 6.36 Å². The van der Waals surface area contributed by atoms with Crippen LogP contribution in [0.1, 0.15) is 20.8 Å². The first-order valence-electron chi connectivity index (χ1n) is 5.00. The van der Waals surface area contributed by atoms with Crippen LogP contribution in [0.25, 0.3) is 0 Å². The molecule has 0 aliphatic rings. The van der Waals surface area contributed by atoms with Crippen molar-refractivity contribution in [2.45, 2.75) is 27.1 Å². The summed E-state index contributed by atoms with van der Waals surface area (Å²) in [7, 11) is 0. The molecule has 16 heavy (non-hydrogen) atoms. The predicted molar refractivity (Wildman–Crippen MR) is 55.6 cm³/mol. The smallest absolute Gasteiger partial charge is 0.494 e. The summed E-state index contributed by atoms with van der Waals surface area (Å²) in [5.41, 5.74) is 0. The van der Waals surface area contributed by atoms with Gasteiger partial charge in [-0.25, -0.2) is 0 Å². The van der Waals surface area contributed by atoms with Crippen LogP contribution in [0.15, 0.2) is 24.3 Å². The molecule has 0 aromatic heterocycles. The molecule has 0 amide bonds. The molecule has 0 aliphatic carbocycles. The summed E-state index contributed by atoms with van der Waals surface area (Å²) in [4.78, 5) is 0. The molecular weight excluding hydrogens is 221 g/mol. The first-order valence-corrected chi connectivity index (χ1v) is 5.00. The molecule has 0 aliphatic heterocycles. The van der Waals surface area contributed by atoms with Crippen molar-refractivity contribution in [2.75, 3.05) is 6.61 Å². The Kier molecular flexibility index (Phi) is 6.37. The van der Waals surface area contributed by atoms with E-state index in [4.69, 9.17) is 4.74 Å². The van der Waals surface area contributed by atoms with E-state index in [9.17, 15) is 13.2 Å². The zero-order valence-corrected chi connectivity index (χ0v) is 9.47. The molecule has 0 N–H and O–H groups in total. The Morgan fingerprint density at radius 2 is 1.44 bits per heavy atom. The number of alkyl halides is 3. The Balaban J connectivity index is 0.00000106. The molecule has 0 heterocycles. The first kappa shape index (κ1) is 14.6. The fourth-order valence-electron chi connectivity index (χ4n) is 0.904. The SMILES string of the molecule is CC.CCOc1ccc(OC(F)(F)F)cc1. The van der Waals surface area contributed by atoms with Gasteiger partial charge in [0.1, 0.15) is 11.5 Å². The van der Waals surface area contributed by atoms with Gasteiger partial charge in [0.05, 0.1) is 6.61 Å². The van der Waals surface area contributed by atoms with Crippen LogP contribution in [0.4, 0.5) is 13.2 Å². The van der Waals surface area contributed by atoms with E-state index in [0.717, 1.165) is 0 Å². The predicted octanol–water partition coefficient (Wildman–Crippen LogP) is 4.01. The lowest BCUT2D eigenvalue weighted by atomic mass is 10.3. The number of halogens is 3. The van der Waals surface area contributed by atoms with E-state index in [1.165, 1.54) is 24.3 Å². The van der Waals surface area contributed by atoms with Crippen LogP contribution in [0.3, 0.4) is 0 Å². The maximum absolute atomic E-state index is 11.7. The topological polar surface area (TPSA) is 18.5 Å². The van der Waals surface area contributed by atoms with E-state index < -0.39 is 6.36 Å². The van der Waals surface area contributed by atoms with Gasteiger partial charge in [0.2, 0.25) is 0 Å². The molecule has 1 aromatic rings. The second-order valence-corrected chi connectivity index (χ2v) is 2.45. The summed E-state index contributed by atoms with van der Waals surface area (Å²) in [6.07, 6.45) is -4.65. The maximum atomic E-state index is 11.7. The van der Waals surface area contributed by atoms with Gasteiger partial charge < -0.3 is 9.47 Å². The van der Waals surface area contributed by atoms with Crippen LogP contribution in [0.5, 0.6) is 11.5 Å². The quantitative estimate of drug-likeness (QED) is 0.789. The zero-order chi connectivity index (χ0) is 12.6. The number of rotatable bonds is 3. The number of benzene rings is 1. The number of hydrogen-bond acceptors (Lipinski definition) is 2. The standard InChI is InChI=1S/C9H9F3O2.C2H6/c1-2-13-7-3-5-8(6-4-7)14-9(10,11)12;1-2/h3-6H,2H2,1H3;1-2H3. The van der Waals surface area contributed by atoms with E-state index in [1.54, 1.807) is 6.92 Å². The Morgan fingerprint density at radius 1 is 1.00 bits per heavy atom. The van der Waals surface area contributed by atoms with Gasteiger partial charge in [0.25, 0.3) is 0 Å². The van der Waals surface area contributed by atoms with Crippen molar-refractivity contribution in [2.24, 2.45) is 0 Å². The summed E-state index contributed by atoms with van der Waals surface area (Å²) < 4.78 is 43.9. The molecule has 2 nitrogen and oxygen atoms in total. The summed E-state index contributed by atoms with van der Waals surface area (Å²) >= 11 is 0. The van der Waals surface area contributed by atoms with Crippen LogP contribution in [0.2, 0.25) is 0 Å². The van der Waals surface area contributed by atoms with Gasteiger partial charge in [0, 0.05) is 0 Å². The van der Waals surface area contributed by atoms with Crippen LogP contribution in [-0.4, -0.2) is 13.0 Å². The first-order chi connectivity index (χ1) is 7.51. The minimum atomic E-state index is -4.65. The van der Waals surface area contributed by atoms with E-state index in [2.05, 4.69) is 4.74 Å². The molecule has 0 unspecified atom stereocenters. The zero-order valence-electron chi connectivity index (χ0n) is 9.47. The van der Waals surface area contributed by atoms with Crippen LogP contribution >= 0.6 is 0 Å². The lowest BCUT2D eigenvalue weighted by Gasteiger charge is -2.09. The van der Waals surface area contributed by atoms with E-state index in [1.807, 2.05) is 13.8 Å². The van der Waals surface area contributed by atoms with Gasteiger partial charge in [-0.05, 0) is 31.2 Å². The highest BCUT2D eigenvalue weighted by molar-refractivity contribution is 5.31. The third-order valence-electron chi connectivity index (χ3n) is 1.37. The Morgan fingerprint density at radius 3 is 1.81 bits per heavy atom. The molecule has 0 spiro atoms. The molecule has 1 rings (SSSR count).